The van der Waals surface area contributed by atoms with Crippen LogP contribution in [0.3, 0.4) is 0 Å². The van der Waals surface area contributed by atoms with Crippen molar-refractivity contribution < 1.29 is 19.4 Å². The monoisotopic (exact) mass is 279 g/mol. The van der Waals surface area contributed by atoms with Crippen molar-refractivity contribution in [3.8, 4) is 5.75 Å². The summed E-state index contributed by atoms with van der Waals surface area (Å²) in [4.78, 5) is 22.4. The van der Waals surface area contributed by atoms with Crippen molar-refractivity contribution in [2.24, 2.45) is 0 Å². The molecule has 5 nitrogen and oxygen atoms in total. The quantitative estimate of drug-likeness (QED) is 0.784. The van der Waals surface area contributed by atoms with Gasteiger partial charge in [-0.1, -0.05) is 12.1 Å². The van der Waals surface area contributed by atoms with Crippen LogP contribution in [-0.2, 0) is 4.79 Å². The van der Waals surface area contributed by atoms with E-state index in [1.54, 1.807) is 18.2 Å². The molecule has 0 spiro atoms. The minimum Gasteiger partial charge on any atom is -0.487 e. The summed E-state index contributed by atoms with van der Waals surface area (Å²) in [7, 11) is 0. The number of ether oxygens (including phenoxy) is 1. The van der Waals surface area contributed by atoms with Crippen molar-refractivity contribution in [1.29, 1.82) is 0 Å². The first-order valence-corrected chi connectivity index (χ1v) is 6.57. The van der Waals surface area contributed by atoms with Gasteiger partial charge < -0.3 is 15.2 Å². The molecule has 0 aromatic heterocycles. The van der Waals surface area contributed by atoms with Gasteiger partial charge in [-0.2, -0.15) is 0 Å². The van der Waals surface area contributed by atoms with Crippen LogP contribution in [0.1, 0.15) is 44.0 Å². The lowest BCUT2D eigenvalue weighted by Gasteiger charge is -2.23. The van der Waals surface area contributed by atoms with Crippen molar-refractivity contribution >= 4 is 11.9 Å². The van der Waals surface area contributed by atoms with Crippen molar-refractivity contribution in [1.82, 2.24) is 5.32 Å². The zero-order valence-corrected chi connectivity index (χ0v) is 12.1. The number of carbonyl (C=O) groups excluding carboxylic acids is 1. The summed E-state index contributed by atoms with van der Waals surface area (Å²) in [5.74, 6) is -0.596. The van der Waals surface area contributed by atoms with Gasteiger partial charge in [0.2, 0.25) is 0 Å². The van der Waals surface area contributed by atoms with E-state index < -0.39 is 5.97 Å². The van der Waals surface area contributed by atoms with Gasteiger partial charge in [0.25, 0.3) is 5.91 Å². The van der Waals surface area contributed by atoms with E-state index in [-0.39, 0.29) is 17.9 Å². The third-order valence-corrected chi connectivity index (χ3v) is 2.40. The zero-order valence-electron chi connectivity index (χ0n) is 12.1. The Morgan fingerprint density at radius 3 is 2.50 bits per heavy atom. The normalized spacial score (nSPS) is 10.9. The van der Waals surface area contributed by atoms with E-state index in [1.807, 2.05) is 26.8 Å². The van der Waals surface area contributed by atoms with Crippen LogP contribution in [0.4, 0.5) is 0 Å². The molecular weight excluding hydrogens is 258 g/mol. The number of amides is 1. The SMILES string of the molecule is CC(C)(C)Oc1ccccc1C(=O)NCCCC(=O)O. The molecule has 0 atom stereocenters. The summed E-state index contributed by atoms with van der Waals surface area (Å²) in [6.45, 7) is 6.06. The lowest BCUT2D eigenvalue weighted by Crippen LogP contribution is -2.28. The van der Waals surface area contributed by atoms with E-state index >= 15 is 0 Å². The minimum atomic E-state index is -0.865. The van der Waals surface area contributed by atoms with Crippen LogP contribution in [0.25, 0.3) is 0 Å². The molecule has 2 N–H and O–H groups in total. The second kappa shape index (κ2) is 6.93. The Balaban J connectivity index is 2.65. The molecule has 0 saturated heterocycles. The first kappa shape index (κ1) is 16.0. The fourth-order valence-electron chi connectivity index (χ4n) is 1.61. The predicted molar refractivity (Wildman–Crippen MR) is 76.0 cm³/mol. The van der Waals surface area contributed by atoms with E-state index in [1.165, 1.54) is 0 Å². The molecule has 0 aliphatic carbocycles. The largest absolute Gasteiger partial charge is 0.487 e. The highest BCUT2D eigenvalue weighted by molar-refractivity contribution is 5.96. The first-order chi connectivity index (χ1) is 9.29. The fourth-order valence-corrected chi connectivity index (χ4v) is 1.61. The van der Waals surface area contributed by atoms with E-state index in [0.717, 1.165) is 0 Å². The van der Waals surface area contributed by atoms with E-state index in [4.69, 9.17) is 9.84 Å². The molecule has 0 aliphatic heterocycles. The molecule has 5 heteroatoms. The summed E-state index contributed by atoms with van der Waals surface area (Å²) >= 11 is 0. The van der Waals surface area contributed by atoms with Crippen LogP contribution in [0.5, 0.6) is 5.75 Å². The van der Waals surface area contributed by atoms with Crippen LogP contribution < -0.4 is 10.1 Å². The molecule has 0 unspecified atom stereocenters. The molecule has 0 heterocycles. The molecular formula is C15H21NO4. The molecule has 110 valence electrons. The highest BCUT2D eigenvalue weighted by Crippen LogP contribution is 2.22. The number of carboxylic acid groups (broad SMARTS) is 1. The number of nitrogens with one attached hydrogen (secondary N) is 1. The number of hydrogen-bond donors (Lipinski definition) is 2. The van der Waals surface area contributed by atoms with Crippen LogP contribution in [0, 0.1) is 0 Å². The third kappa shape index (κ3) is 5.73. The zero-order chi connectivity index (χ0) is 15.2. The molecule has 1 amide bonds. The Bertz CT molecular complexity index is 477. The van der Waals surface area contributed by atoms with Crippen LogP contribution in [0.2, 0.25) is 0 Å². The van der Waals surface area contributed by atoms with Gasteiger partial charge in [-0.15, -0.1) is 0 Å². The number of carbonyl (C=O) groups is 2. The van der Waals surface area contributed by atoms with Crippen LogP contribution in [0.15, 0.2) is 24.3 Å². The smallest absolute Gasteiger partial charge is 0.303 e. The maximum Gasteiger partial charge on any atom is 0.303 e. The molecule has 0 saturated carbocycles. The average molecular weight is 279 g/mol. The minimum absolute atomic E-state index is 0.0421. The van der Waals surface area contributed by atoms with E-state index in [2.05, 4.69) is 5.32 Å². The van der Waals surface area contributed by atoms with Gasteiger partial charge in [0.05, 0.1) is 5.56 Å². The lowest BCUT2D eigenvalue weighted by atomic mass is 10.1. The van der Waals surface area contributed by atoms with Crippen LogP contribution >= 0.6 is 0 Å². The highest BCUT2D eigenvalue weighted by Gasteiger charge is 2.17. The van der Waals surface area contributed by atoms with Crippen LogP contribution in [-0.4, -0.2) is 29.1 Å². The second-order valence-corrected chi connectivity index (χ2v) is 5.46. The van der Waals surface area contributed by atoms with E-state index in [0.29, 0.717) is 24.3 Å². The standard InChI is InChI=1S/C15H21NO4/c1-15(2,3)20-12-8-5-4-7-11(12)14(19)16-10-6-9-13(17)18/h4-5,7-8H,6,9-10H2,1-3H3,(H,16,19)(H,17,18). The highest BCUT2D eigenvalue weighted by atomic mass is 16.5. The van der Waals surface area contributed by atoms with Crippen molar-refractivity contribution in [2.45, 2.75) is 39.2 Å². The fraction of sp³-hybridized carbons (Fsp3) is 0.467. The summed E-state index contributed by atoms with van der Waals surface area (Å²) in [5.41, 5.74) is 0.0671. The van der Waals surface area contributed by atoms with Crippen molar-refractivity contribution in [2.75, 3.05) is 6.54 Å². The summed E-state index contributed by atoms with van der Waals surface area (Å²) < 4.78 is 5.74. The molecule has 0 fully saturated rings. The molecule has 20 heavy (non-hydrogen) atoms. The maximum absolute atomic E-state index is 12.1. The van der Waals surface area contributed by atoms with Gasteiger partial charge in [0.15, 0.2) is 0 Å². The molecule has 0 aliphatic rings. The lowest BCUT2D eigenvalue weighted by molar-refractivity contribution is -0.137. The molecule has 1 rings (SSSR count). The van der Waals surface area contributed by atoms with Gasteiger partial charge in [-0.3, -0.25) is 9.59 Å². The topological polar surface area (TPSA) is 75.6 Å². The molecule has 0 bridgehead atoms. The Labute approximate surface area is 118 Å². The van der Waals surface area contributed by atoms with Gasteiger partial charge in [0, 0.05) is 13.0 Å². The Hall–Kier alpha value is -2.04. The average Bonchev–Trinajstić information content (AvgIpc) is 2.33. The molecule has 1 aromatic carbocycles. The maximum atomic E-state index is 12.1. The Morgan fingerprint density at radius 1 is 1.25 bits per heavy atom. The second-order valence-electron chi connectivity index (χ2n) is 5.46. The van der Waals surface area contributed by atoms with Crippen molar-refractivity contribution in [3.63, 3.8) is 0 Å². The molecule has 0 radical (unpaired) electrons. The number of hydrogen-bond acceptors (Lipinski definition) is 3. The van der Waals surface area contributed by atoms with Gasteiger partial charge >= 0.3 is 5.97 Å². The van der Waals surface area contributed by atoms with Gasteiger partial charge in [-0.05, 0) is 39.3 Å². The van der Waals surface area contributed by atoms with Gasteiger partial charge in [0.1, 0.15) is 11.4 Å². The number of benzene rings is 1. The molecule has 1 aromatic rings. The summed E-state index contributed by atoms with van der Waals surface area (Å²) in [5, 5.41) is 11.2. The summed E-state index contributed by atoms with van der Waals surface area (Å²) in [6, 6.07) is 7.01. The third-order valence-electron chi connectivity index (χ3n) is 2.40. The number of carboxylic acids is 1. The van der Waals surface area contributed by atoms with E-state index in [9.17, 15) is 9.59 Å². The Kier molecular flexibility index (Phi) is 5.55. The number of aliphatic carboxylic acids is 1. The van der Waals surface area contributed by atoms with Gasteiger partial charge in [-0.25, -0.2) is 0 Å². The summed E-state index contributed by atoms with van der Waals surface area (Å²) in [6.07, 6.45) is 0.448. The first-order valence-electron chi connectivity index (χ1n) is 6.57. The van der Waals surface area contributed by atoms with Crippen molar-refractivity contribution in [3.05, 3.63) is 29.8 Å². The Morgan fingerprint density at radius 2 is 1.90 bits per heavy atom. The predicted octanol–water partition coefficient (Wildman–Crippen LogP) is 2.46. The number of rotatable bonds is 6. The number of para-hydroxylation sites is 1.